The largest absolute Gasteiger partial charge is 0.472 e. The molecule has 0 saturated heterocycles. The Morgan fingerprint density at radius 3 is 0.776 bits per heavy atom. The number of rotatable bonds is 78. The lowest BCUT2D eigenvalue weighted by Crippen LogP contribution is -2.30. The summed E-state index contributed by atoms with van der Waals surface area (Å²) in [5.74, 6) is -0.445. The highest BCUT2D eigenvalue weighted by Crippen LogP contribution is 2.45. The predicted octanol–water partition coefficient (Wildman–Crippen LogP) is 23.5. The van der Waals surface area contributed by atoms with Crippen LogP contribution in [0.1, 0.15) is 414 Å². The third-order valence-electron chi connectivity index (χ3n) is 18.8. The van der Waals surface area contributed by atoms with Crippen LogP contribution >= 0.6 is 15.6 Å². The molecule has 0 rings (SSSR count). The molecule has 0 aliphatic heterocycles. The lowest BCUT2D eigenvalue weighted by molar-refractivity contribution is -0.161. The molecule has 0 aliphatic carbocycles. The third-order valence-corrected chi connectivity index (χ3v) is 20.7. The second-order valence-corrected chi connectivity index (χ2v) is 32.1. The molecule has 0 aliphatic rings. The van der Waals surface area contributed by atoms with Crippen LogP contribution in [0, 0.1) is 11.8 Å². The molecule has 0 bridgehead atoms. The number of carbonyl (C=O) groups excluding carboxylic acids is 4. The van der Waals surface area contributed by atoms with Gasteiger partial charge in [0.25, 0.3) is 0 Å². The van der Waals surface area contributed by atoms with Crippen LogP contribution in [0.2, 0.25) is 0 Å². The number of carbonyl (C=O) groups is 4. The van der Waals surface area contributed by atoms with E-state index in [-0.39, 0.29) is 25.7 Å². The maximum absolute atomic E-state index is 13.1. The van der Waals surface area contributed by atoms with E-state index >= 15 is 0 Å². The van der Waals surface area contributed by atoms with Gasteiger partial charge in [-0.1, -0.05) is 363 Å². The molecule has 19 heteroatoms. The smallest absolute Gasteiger partial charge is 0.462 e. The van der Waals surface area contributed by atoms with Gasteiger partial charge in [0.05, 0.1) is 26.4 Å². The van der Waals surface area contributed by atoms with E-state index in [4.69, 9.17) is 37.0 Å². The number of aliphatic hydroxyl groups excluding tert-OH is 1. The fourth-order valence-corrected chi connectivity index (χ4v) is 13.7. The minimum Gasteiger partial charge on any atom is -0.462 e. The van der Waals surface area contributed by atoms with E-state index in [1.165, 1.54) is 225 Å². The summed E-state index contributed by atoms with van der Waals surface area (Å²) in [4.78, 5) is 72.6. The Bertz CT molecular complexity index is 1890. The first-order valence-electron chi connectivity index (χ1n) is 41.0. The predicted molar refractivity (Wildman–Crippen MR) is 400 cm³/mol. The van der Waals surface area contributed by atoms with Gasteiger partial charge in [-0.2, -0.15) is 0 Å². The van der Waals surface area contributed by atoms with E-state index in [1.54, 1.807) is 0 Å². The number of phosphoric acid groups is 2. The van der Waals surface area contributed by atoms with Gasteiger partial charge in [0.15, 0.2) is 12.2 Å². The molecular weight excluding hydrogens is 1280 g/mol. The summed E-state index contributed by atoms with van der Waals surface area (Å²) in [5, 5.41) is 10.6. The normalized spacial score (nSPS) is 14.2. The summed E-state index contributed by atoms with van der Waals surface area (Å²) in [7, 11) is -9.90. The zero-order valence-electron chi connectivity index (χ0n) is 64.1. The van der Waals surface area contributed by atoms with Crippen LogP contribution in [-0.4, -0.2) is 96.7 Å². The average molecular weight is 1440 g/mol. The Labute approximate surface area is 600 Å². The van der Waals surface area contributed by atoms with Crippen LogP contribution in [0.4, 0.5) is 0 Å². The van der Waals surface area contributed by atoms with Crippen molar-refractivity contribution in [3.05, 3.63) is 0 Å². The zero-order chi connectivity index (χ0) is 72.1. The number of hydrogen-bond acceptors (Lipinski definition) is 15. The van der Waals surface area contributed by atoms with Gasteiger partial charge in [-0.25, -0.2) is 9.13 Å². The van der Waals surface area contributed by atoms with Gasteiger partial charge in [-0.05, 0) is 37.5 Å². The van der Waals surface area contributed by atoms with Crippen molar-refractivity contribution in [1.29, 1.82) is 0 Å². The van der Waals surface area contributed by atoms with E-state index in [0.717, 1.165) is 108 Å². The maximum atomic E-state index is 13.1. The first-order chi connectivity index (χ1) is 47.4. The lowest BCUT2D eigenvalue weighted by Gasteiger charge is -2.21. The van der Waals surface area contributed by atoms with Crippen LogP contribution in [0.15, 0.2) is 0 Å². The molecule has 3 N–H and O–H groups in total. The monoisotopic (exact) mass is 1440 g/mol. The number of unbranched alkanes of at least 4 members (excludes halogenated alkanes) is 47. The molecule has 0 aromatic heterocycles. The third kappa shape index (κ3) is 71.1. The van der Waals surface area contributed by atoms with E-state index in [1.807, 2.05) is 0 Å². The van der Waals surface area contributed by atoms with Crippen LogP contribution in [0.25, 0.3) is 0 Å². The Morgan fingerprint density at radius 2 is 0.520 bits per heavy atom. The summed E-state index contributed by atoms with van der Waals surface area (Å²) in [6, 6.07) is 0. The molecular formula is C79H154O17P2. The fraction of sp³-hybridized carbons (Fsp3) is 0.949. The van der Waals surface area contributed by atoms with Gasteiger partial charge < -0.3 is 33.8 Å². The molecule has 0 spiro atoms. The topological polar surface area (TPSA) is 237 Å². The van der Waals surface area contributed by atoms with Crippen molar-refractivity contribution in [2.45, 2.75) is 432 Å². The van der Waals surface area contributed by atoms with Crippen LogP contribution < -0.4 is 0 Å². The SMILES string of the molecule is CCCCCCCCCCCCCCCC(=O)O[C@H](COC(=O)CCCCCCC)COP(=O)(O)OC[C@H](O)COP(=O)(O)OC[C@@H](COC(=O)CCCCCCCCCCCCCCCCCC(C)C)OC(=O)CCCCCCCCCCCCCCCCCCCCC(C)CC. The second-order valence-electron chi connectivity index (χ2n) is 29.2. The first-order valence-corrected chi connectivity index (χ1v) is 44.0. The van der Waals surface area contributed by atoms with Crippen molar-refractivity contribution in [1.82, 2.24) is 0 Å². The number of esters is 4. The molecule has 0 amide bonds. The van der Waals surface area contributed by atoms with Crippen molar-refractivity contribution in [2.24, 2.45) is 11.8 Å². The Morgan fingerprint density at radius 1 is 0.296 bits per heavy atom. The zero-order valence-corrected chi connectivity index (χ0v) is 65.9. The van der Waals surface area contributed by atoms with Gasteiger partial charge in [0, 0.05) is 25.7 Å². The molecule has 0 fully saturated rings. The fourth-order valence-electron chi connectivity index (χ4n) is 12.2. The van der Waals surface area contributed by atoms with Gasteiger partial charge >= 0.3 is 39.5 Å². The summed E-state index contributed by atoms with van der Waals surface area (Å²) >= 11 is 0. The van der Waals surface area contributed by atoms with Crippen molar-refractivity contribution < 1.29 is 80.2 Å². The van der Waals surface area contributed by atoms with Gasteiger partial charge in [0.1, 0.15) is 19.3 Å². The van der Waals surface area contributed by atoms with E-state index < -0.39 is 97.5 Å². The maximum Gasteiger partial charge on any atom is 0.472 e. The number of ether oxygens (including phenoxy) is 4. The van der Waals surface area contributed by atoms with Crippen LogP contribution in [0.3, 0.4) is 0 Å². The van der Waals surface area contributed by atoms with Crippen molar-refractivity contribution >= 4 is 39.5 Å². The van der Waals surface area contributed by atoms with Crippen molar-refractivity contribution in [3.8, 4) is 0 Å². The molecule has 582 valence electrons. The minimum atomic E-state index is -4.96. The van der Waals surface area contributed by atoms with Crippen LogP contribution in [-0.2, 0) is 65.4 Å². The molecule has 0 heterocycles. The highest BCUT2D eigenvalue weighted by atomic mass is 31.2. The number of aliphatic hydroxyl groups is 1. The van der Waals surface area contributed by atoms with Gasteiger partial charge in [-0.3, -0.25) is 37.3 Å². The van der Waals surface area contributed by atoms with E-state index in [2.05, 4.69) is 41.5 Å². The van der Waals surface area contributed by atoms with E-state index in [9.17, 15) is 43.2 Å². The summed E-state index contributed by atoms with van der Waals surface area (Å²) < 4.78 is 68.4. The van der Waals surface area contributed by atoms with Crippen molar-refractivity contribution in [3.63, 3.8) is 0 Å². The van der Waals surface area contributed by atoms with Crippen molar-refractivity contribution in [2.75, 3.05) is 39.6 Å². The lowest BCUT2D eigenvalue weighted by atomic mass is 9.99. The average Bonchev–Trinajstić information content (AvgIpc) is 2.18. The van der Waals surface area contributed by atoms with Crippen LogP contribution in [0.5, 0.6) is 0 Å². The molecule has 0 radical (unpaired) electrons. The summed E-state index contributed by atoms with van der Waals surface area (Å²) in [6.45, 7) is 9.62. The molecule has 6 atom stereocenters. The summed E-state index contributed by atoms with van der Waals surface area (Å²) in [6.07, 6.45) is 60.1. The highest BCUT2D eigenvalue weighted by Gasteiger charge is 2.30. The Hall–Kier alpha value is -1.94. The Kier molecular flexibility index (Phi) is 69.3. The minimum absolute atomic E-state index is 0.107. The Balaban J connectivity index is 5.12. The standard InChI is InChI=1S/C79H154O17P2/c1-7-10-12-14-15-16-17-27-35-40-45-51-57-63-78(83)95-74(67-89-76(81)61-55-47-13-11-8-2)69-93-97(85,86)91-65-73(80)66-92-98(87,88)94-70-75(68-90-77(82)62-56-50-44-39-34-30-26-22-23-28-32-37-42-48-53-59-71(4)5)96-79(84)64-58-52-46-41-36-31-25-21-19-18-20-24-29-33-38-43-49-54-60-72(6)9-3/h71-75,80H,7-70H2,1-6H3,(H,85,86)(H,87,88)/t72?,73-,74+,75+/m0/s1. The number of hydrogen-bond donors (Lipinski definition) is 3. The van der Waals surface area contributed by atoms with E-state index in [0.29, 0.717) is 25.7 Å². The molecule has 98 heavy (non-hydrogen) atoms. The van der Waals surface area contributed by atoms with Gasteiger partial charge in [-0.15, -0.1) is 0 Å². The molecule has 0 saturated carbocycles. The second kappa shape index (κ2) is 70.7. The first kappa shape index (κ1) is 96.1. The molecule has 3 unspecified atom stereocenters. The summed E-state index contributed by atoms with van der Waals surface area (Å²) in [5.41, 5.74) is 0. The highest BCUT2D eigenvalue weighted by molar-refractivity contribution is 7.47. The molecule has 17 nitrogen and oxygen atoms in total. The molecule has 0 aromatic carbocycles. The quantitative estimate of drug-likeness (QED) is 0.0222. The molecule has 0 aromatic rings. The number of phosphoric ester groups is 2. The van der Waals surface area contributed by atoms with Gasteiger partial charge in [0.2, 0.25) is 0 Å².